The van der Waals surface area contributed by atoms with Gasteiger partial charge in [0.05, 0.1) is 11.4 Å². The van der Waals surface area contributed by atoms with E-state index in [2.05, 4.69) is 41.8 Å². The second-order valence-electron chi connectivity index (χ2n) is 7.53. The van der Waals surface area contributed by atoms with Gasteiger partial charge in [-0.3, -0.25) is 4.79 Å². The molecule has 2 aliphatic rings. The normalized spacial score (nSPS) is 18.8. The monoisotopic (exact) mass is 329 g/mol. The lowest BCUT2D eigenvalue weighted by Crippen LogP contribution is -2.46. The smallest absolute Gasteiger partial charge is 0.228 e. The van der Waals surface area contributed by atoms with Crippen LogP contribution in [-0.2, 0) is 4.79 Å². The zero-order valence-electron chi connectivity index (χ0n) is 15.2. The average molecular weight is 329 g/mol. The first-order valence-corrected chi connectivity index (χ1v) is 9.52. The molecule has 4 heteroatoms. The molecular formula is C20H31N3O. The molecule has 2 heterocycles. The van der Waals surface area contributed by atoms with Crippen LogP contribution in [0.2, 0.25) is 0 Å². The Morgan fingerprint density at radius 2 is 1.71 bits per heavy atom. The molecule has 3 rings (SSSR count). The molecule has 0 N–H and O–H groups in total. The SMILES string of the molecule is CC(C)CN1CCN(C(=O)CCN2CCCCC2)c2ccccc21. The van der Waals surface area contributed by atoms with Crippen molar-refractivity contribution >= 4 is 17.3 Å². The van der Waals surface area contributed by atoms with Crippen molar-refractivity contribution in [3.63, 3.8) is 0 Å². The molecular weight excluding hydrogens is 298 g/mol. The van der Waals surface area contributed by atoms with Crippen LogP contribution < -0.4 is 9.80 Å². The van der Waals surface area contributed by atoms with Crippen molar-refractivity contribution in [2.24, 2.45) is 5.92 Å². The van der Waals surface area contributed by atoms with E-state index in [1.54, 1.807) is 0 Å². The number of nitrogens with zero attached hydrogens (tertiary/aromatic N) is 3. The van der Waals surface area contributed by atoms with Gasteiger partial charge in [-0.25, -0.2) is 0 Å². The summed E-state index contributed by atoms with van der Waals surface area (Å²) < 4.78 is 0. The van der Waals surface area contributed by atoms with Gasteiger partial charge >= 0.3 is 0 Å². The topological polar surface area (TPSA) is 26.8 Å². The number of benzene rings is 1. The molecule has 0 aromatic heterocycles. The van der Waals surface area contributed by atoms with E-state index in [1.165, 1.54) is 24.9 Å². The molecule has 1 aromatic rings. The van der Waals surface area contributed by atoms with Crippen LogP contribution >= 0.6 is 0 Å². The first-order valence-electron chi connectivity index (χ1n) is 9.52. The van der Waals surface area contributed by atoms with Gasteiger partial charge in [0, 0.05) is 32.6 Å². The summed E-state index contributed by atoms with van der Waals surface area (Å²) in [4.78, 5) is 19.7. The Balaban J connectivity index is 1.65. The minimum absolute atomic E-state index is 0.275. The van der Waals surface area contributed by atoms with Gasteiger partial charge in [0.25, 0.3) is 0 Å². The third kappa shape index (κ3) is 4.10. The minimum atomic E-state index is 0.275. The van der Waals surface area contributed by atoms with Crippen molar-refractivity contribution in [2.75, 3.05) is 49.1 Å². The lowest BCUT2D eigenvalue weighted by molar-refractivity contribution is -0.119. The third-order valence-corrected chi connectivity index (χ3v) is 5.08. The molecule has 0 atom stereocenters. The highest BCUT2D eigenvalue weighted by Gasteiger charge is 2.26. The van der Waals surface area contributed by atoms with E-state index in [9.17, 15) is 4.79 Å². The van der Waals surface area contributed by atoms with Crippen LogP contribution in [0.25, 0.3) is 0 Å². The molecule has 0 unspecified atom stereocenters. The van der Waals surface area contributed by atoms with Crippen LogP contribution in [0.15, 0.2) is 24.3 Å². The van der Waals surface area contributed by atoms with Gasteiger partial charge < -0.3 is 14.7 Å². The predicted octanol–water partition coefficient (Wildman–Crippen LogP) is 3.37. The highest BCUT2D eigenvalue weighted by molar-refractivity contribution is 5.98. The van der Waals surface area contributed by atoms with E-state index in [0.29, 0.717) is 12.3 Å². The summed E-state index contributed by atoms with van der Waals surface area (Å²) in [6.07, 6.45) is 4.55. The predicted molar refractivity (Wildman–Crippen MR) is 101 cm³/mol. The molecule has 0 bridgehead atoms. The summed E-state index contributed by atoms with van der Waals surface area (Å²) >= 11 is 0. The number of para-hydroxylation sites is 2. The molecule has 1 amide bonds. The fraction of sp³-hybridized carbons (Fsp3) is 0.650. The largest absolute Gasteiger partial charge is 0.368 e. The molecule has 1 saturated heterocycles. The Hall–Kier alpha value is -1.55. The van der Waals surface area contributed by atoms with Gasteiger partial charge in [0.1, 0.15) is 0 Å². The Morgan fingerprint density at radius 3 is 2.42 bits per heavy atom. The zero-order valence-corrected chi connectivity index (χ0v) is 15.2. The second-order valence-corrected chi connectivity index (χ2v) is 7.53. The number of amides is 1. The third-order valence-electron chi connectivity index (χ3n) is 5.08. The molecule has 0 aliphatic carbocycles. The van der Waals surface area contributed by atoms with Gasteiger partial charge in [-0.05, 0) is 44.0 Å². The van der Waals surface area contributed by atoms with Crippen molar-refractivity contribution in [1.82, 2.24) is 4.90 Å². The molecule has 2 aliphatic heterocycles. The van der Waals surface area contributed by atoms with Crippen LogP contribution in [0.1, 0.15) is 39.5 Å². The van der Waals surface area contributed by atoms with Crippen LogP contribution in [0, 0.1) is 5.92 Å². The van der Waals surface area contributed by atoms with Gasteiger partial charge in [-0.1, -0.05) is 32.4 Å². The van der Waals surface area contributed by atoms with E-state index in [-0.39, 0.29) is 5.91 Å². The molecule has 0 spiro atoms. The molecule has 1 fully saturated rings. The number of hydrogen-bond donors (Lipinski definition) is 0. The zero-order chi connectivity index (χ0) is 16.9. The molecule has 132 valence electrons. The summed E-state index contributed by atoms with van der Waals surface area (Å²) in [5.74, 6) is 0.900. The van der Waals surface area contributed by atoms with E-state index < -0.39 is 0 Å². The molecule has 0 saturated carbocycles. The number of carbonyl (C=O) groups excluding carboxylic acids is 1. The molecule has 4 nitrogen and oxygen atoms in total. The van der Waals surface area contributed by atoms with Crippen molar-refractivity contribution in [1.29, 1.82) is 0 Å². The van der Waals surface area contributed by atoms with Crippen LogP contribution in [0.3, 0.4) is 0 Å². The van der Waals surface area contributed by atoms with Crippen molar-refractivity contribution in [3.05, 3.63) is 24.3 Å². The minimum Gasteiger partial charge on any atom is -0.368 e. The van der Waals surface area contributed by atoms with Gasteiger partial charge in [0.2, 0.25) is 5.91 Å². The van der Waals surface area contributed by atoms with E-state index in [0.717, 1.165) is 45.0 Å². The van der Waals surface area contributed by atoms with Gasteiger partial charge in [-0.15, -0.1) is 0 Å². The molecule has 1 aromatic carbocycles. The van der Waals surface area contributed by atoms with Crippen LogP contribution in [0.5, 0.6) is 0 Å². The fourth-order valence-electron chi connectivity index (χ4n) is 3.88. The Labute approximate surface area is 146 Å². The number of hydrogen-bond acceptors (Lipinski definition) is 3. The van der Waals surface area contributed by atoms with E-state index >= 15 is 0 Å². The van der Waals surface area contributed by atoms with Crippen molar-refractivity contribution < 1.29 is 4.79 Å². The second kappa shape index (κ2) is 8.02. The molecule has 24 heavy (non-hydrogen) atoms. The maximum absolute atomic E-state index is 12.8. The maximum atomic E-state index is 12.8. The maximum Gasteiger partial charge on any atom is 0.228 e. The number of fused-ring (bicyclic) bond motifs is 1. The Morgan fingerprint density at radius 1 is 1.00 bits per heavy atom. The number of rotatable bonds is 5. The highest BCUT2D eigenvalue weighted by Crippen LogP contribution is 2.33. The first kappa shape index (κ1) is 17.3. The van der Waals surface area contributed by atoms with Crippen molar-refractivity contribution in [3.8, 4) is 0 Å². The highest BCUT2D eigenvalue weighted by atomic mass is 16.2. The average Bonchev–Trinajstić information content (AvgIpc) is 2.60. The quantitative estimate of drug-likeness (QED) is 0.829. The summed E-state index contributed by atoms with van der Waals surface area (Å²) in [5.41, 5.74) is 2.30. The Kier molecular flexibility index (Phi) is 5.77. The van der Waals surface area contributed by atoms with Crippen LogP contribution in [0.4, 0.5) is 11.4 Å². The number of carbonyl (C=O) groups is 1. The number of anilines is 2. The Bertz CT molecular complexity index is 552. The lowest BCUT2D eigenvalue weighted by atomic mass is 10.1. The number of piperidine rings is 1. The summed E-state index contributed by atoms with van der Waals surface area (Å²) in [5, 5.41) is 0. The summed E-state index contributed by atoms with van der Waals surface area (Å²) in [6, 6.07) is 8.37. The van der Waals surface area contributed by atoms with E-state index in [4.69, 9.17) is 0 Å². The summed E-state index contributed by atoms with van der Waals surface area (Å²) in [7, 11) is 0. The first-order chi connectivity index (χ1) is 11.6. The lowest BCUT2D eigenvalue weighted by Gasteiger charge is -2.39. The fourth-order valence-corrected chi connectivity index (χ4v) is 3.88. The van der Waals surface area contributed by atoms with Gasteiger partial charge in [-0.2, -0.15) is 0 Å². The molecule has 0 radical (unpaired) electrons. The van der Waals surface area contributed by atoms with Gasteiger partial charge in [0.15, 0.2) is 0 Å². The number of likely N-dealkylation sites (tertiary alicyclic amines) is 1. The standard InChI is InChI=1S/C20H31N3O/c1-17(2)16-22-14-15-23(19-9-5-4-8-18(19)22)20(24)10-13-21-11-6-3-7-12-21/h4-5,8-9,17H,3,6-7,10-16H2,1-2H3. The van der Waals surface area contributed by atoms with Crippen molar-refractivity contribution in [2.45, 2.75) is 39.5 Å². The summed E-state index contributed by atoms with van der Waals surface area (Å²) in [6.45, 7) is 10.5. The van der Waals surface area contributed by atoms with Crippen LogP contribution in [-0.4, -0.2) is 50.1 Å². The van der Waals surface area contributed by atoms with E-state index in [1.807, 2.05) is 11.0 Å².